The first kappa shape index (κ1) is 22.4. The summed E-state index contributed by atoms with van der Waals surface area (Å²) in [6.45, 7) is 8.36. The minimum Gasteiger partial charge on any atom is -0.456 e. The highest BCUT2D eigenvalue weighted by atomic mass is 16.6. The van der Waals surface area contributed by atoms with Crippen LogP contribution in [0.4, 0.5) is 0 Å². The van der Waals surface area contributed by atoms with E-state index in [1.165, 1.54) is 18.6 Å². The highest BCUT2D eigenvalue weighted by molar-refractivity contribution is 5.82. The lowest BCUT2D eigenvalue weighted by molar-refractivity contribution is -0.166. The number of carbonyl (C=O) groups excluding carboxylic acids is 1. The Kier molecular flexibility index (Phi) is 6.56. The second-order valence-corrected chi connectivity index (χ2v) is 8.94. The van der Waals surface area contributed by atoms with Crippen LogP contribution in [0.1, 0.15) is 47.0 Å². The normalized spacial score (nSPS) is 40.5. The molecule has 7 nitrogen and oxygen atoms in total. The average molecular weight is 411 g/mol. The Morgan fingerprint density at radius 3 is 2.59 bits per heavy atom. The maximum Gasteiger partial charge on any atom is 0.330 e. The first-order chi connectivity index (χ1) is 13.6. The molecule has 1 spiro atoms. The summed E-state index contributed by atoms with van der Waals surface area (Å²) in [7, 11) is 1.63. The largest absolute Gasteiger partial charge is 0.456 e. The number of rotatable bonds is 8. The minimum atomic E-state index is -1.11. The standard InChI is InChI=1S/C22H34O7/c1-13(2)6-8-17-21(4,29-17)20-19(26-5)16(10-11-22(20)12-27-22)28-18(25)9-7-15(24)14(3)23/h6-7,9,14-17,19-20,23-24H,8,10-12H2,1-5H3/b9-7+/t14-,15-,16+,17+,19+,20+,21-,22-/m0/s1. The predicted octanol–water partition coefficient (Wildman–Crippen LogP) is 1.90. The number of hydrogen-bond acceptors (Lipinski definition) is 7. The summed E-state index contributed by atoms with van der Waals surface area (Å²) in [4.78, 5) is 12.3. The number of epoxide rings is 2. The van der Waals surface area contributed by atoms with Gasteiger partial charge in [0.2, 0.25) is 0 Å². The van der Waals surface area contributed by atoms with Gasteiger partial charge in [0.15, 0.2) is 0 Å². The van der Waals surface area contributed by atoms with Gasteiger partial charge in [-0.2, -0.15) is 0 Å². The minimum absolute atomic E-state index is 0.0332. The third-order valence-electron chi connectivity index (χ3n) is 6.43. The van der Waals surface area contributed by atoms with E-state index in [4.69, 9.17) is 18.9 Å². The fourth-order valence-corrected chi connectivity index (χ4v) is 4.60. The summed E-state index contributed by atoms with van der Waals surface area (Å²) in [5.41, 5.74) is 0.605. The molecule has 2 saturated heterocycles. The Morgan fingerprint density at radius 2 is 2.03 bits per heavy atom. The zero-order valence-corrected chi connectivity index (χ0v) is 18.0. The van der Waals surface area contributed by atoms with E-state index in [9.17, 15) is 15.0 Å². The lowest BCUT2D eigenvalue weighted by atomic mass is 9.68. The Labute approximate surface area is 172 Å². The van der Waals surface area contributed by atoms with E-state index < -0.39 is 24.3 Å². The molecule has 29 heavy (non-hydrogen) atoms. The molecule has 2 N–H and O–H groups in total. The van der Waals surface area contributed by atoms with E-state index in [0.29, 0.717) is 13.0 Å². The van der Waals surface area contributed by atoms with E-state index in [1.807, 2.05) is 0 Å². The molecular formula is C22H34O7. The molecule has 0 aromatic rings. The van der Waals surface area contributed by atoms with E-state index >= 15 is 0 Å². The van der Waals surface area contributed by atoms with Crippen molar-refractivity contribution in [1.82, 2.24) is 0 Å². The Morgan fingerprint density at radius 1 is 1.34 bits per heavy atom. The van der Waals surface area contributed by atoms with Gasteiger partial charge >= 0.3 is 5.97 Å². The van der Waals surface area contributed by atoms with Crippen LogP contribution < -0.4 is 0 Å². The smallest absolute Gasteiger partial charge is 0.330 e. The highest BCUT2D eigenvalue weighted by Crippen LogP contribution is 2.59. The average Bonchev–Trinajstić information content (AvgIpc) is 3.57. The second kappa shape index (κ2) is 8.47. The summed E-state index contributed by atoms with van der Waals surface area (Å²) < 4.78 is 23.5. The van der Waals surface area contributed by atoms with E-state index in [-0.39, 0.29) is 29.3 Å². The number of carbonyl (C=O) groups is 1. The lowest BCUT2D eigenvalue weighted by Gasteiger charge is -2.42. The number of allylic oxidation sites excluding steroid dienone is 1. The van der Waals surface area contributed by atoms with Gasteiger partial charge in [-0.05, 0) is 53.0 Å². The molecule has 3 aliphatic rings. The van der Waals surface area contributed by atoms with Crippen LogP contribution in [0, 0.1) is 5.92 Å². The van der Waals surface area contributed by atoms with Crippen LogP contribution in [0.2, 0.25) is 0 Å². The van der Waals surface area contributed by atoms with Crippen molar-refractivity contribution in [3.05, 3.63) is 23.8 Å². The topological polar surface area (TPSA) is 101 Å². The number of esters is 1. The molecule has 164 valence electrons. The Bertz CT molecular complexity index is 662. The SMILES string of the molecule is CO[C@@H]1[C@H](OC(=O)/C=C/[C@H](O)[C@H](C)O)CC[C@]2(CO2)[C@H]1[C@@]1(C)O[C@@H]1CC=C(C)C. The van der Waals surface area contributed by atoms with E-state index in [1.54, 1.807) is 7.11 Å². The van der Waals surface area contributed by atoms with Gasteiger partial charge in [0.05, 0.1) is 30.8 Å². The predicted molar refractivity (Wildman–Crippen MR) is 106 cm³/mol. The third kappa shape index (κ3) is 4.75. The molecule has 2 aliphatic heterocycles. The fourth-order valence-electron chi connectivity index (χ4n) is 4.60. The molecule has 0 aromatic heterocycles. The lowest BCUT2D eigenvalue weighted by Crippen LogP contribution is -2.55. The summed E-state index contributed by atoms with van der Waals surface area (Å²) in [5, 5.41) is 19.0. The molecule has 2 heterocycles. The van der Waals surface area contributed by atoms with Crippen molar-refractivity contribution in [2.24, 2.45) is 5.92 Å². The first-order valence-electron chi connectivity index (χ1n) is 10.4. The summed E-state index contributed by atoms with van der Waals surface area (Å²) in [5.74, 6) is -0.597. The molecule has 7 heteroatoms. The van der Waals surface area contributed by atoms with Gasteiger partial charge in [-0.1, -0.05) is 11.6 Å². The molecule has 0 bridgehead atoms. The molecule has 1 aliphatic carbocycles. The van der Waals surface area contributed by atoms with Crippen LogP contribution in [-0.4, -0.2) is 71.6 Å². The Balaban J connectivity index is 1.70. The zero-order chi connectivity index (χ0) is 21.4. The van der Waals surface area contributed by atoms with Crippen molar-refractivity contribution in [2.45, 2.75) is 88.7 Å². The summed E-state index contributed by atoms with van der Waals surface area (Å²) >= 11 is 0. The fraction of sp³-hybridized carbons (Fsp3) is 0.773. The van der Waals surface area contributed by atoms with E-state index in [2.05, 4.69) is 26.8 Å². The maximum absolute atomic E-state index is 12.3. The molecule has 0 radical (unpaired) electrons. The van der Waals surface area contributed by atoms with Crippen molar-refractivity contribution in [2.75, 3.05) is 13.7 Å². The molecule has 3 rings (SSSR count). The summed E-state index contributed by atoms with van der Waals surface area (Å²) in [6, 6.07) is 0. The van der Waals surface area contributed by atoms with Crippen LogP contribution in [-0.2, 0) is 23.7 Å². The molecule has 0 amide bonds. The van der Waals surface area contributed by atoms with Crippen molar-refractivity contribution < 1.29 is 34.0 Å². The van der Waals surface area contributed by atoms with Crippen molar-refractivity contribution in [3.8, 4) is 0 Å². The Hall–Kier alpha value is -1.25. The molecular weight excluding hydrogens is 376 g/mol. The third-order valence-corrected chi connectivity index (χ3v) is 6.43. The van der Waals surface area contributed by atoms with Crippen molar-refractivity contribution >= 4 is 5.97 Å². The number of hydrogen-bond donors (Lipinski definition) is 2. The highest BCUT2D eigenvalue weighted by Gasteiger charge is 2.72. The van der Waals surface area contributed by atoms with Gasteiger partial charge in [0, 0.05) is 13.2 Å². The van der Waals surface area contributed by atoms with Gasteiger partial charge in [-0.15, -0.1) is 0 Å². The van der Waals surface area contributed by atoms with Crippen LogP contribution in [0.15, 0.2) is 23.8 Å². The van der Waals surface area contributed by atoms with Crippen LogP contribution >= 0.6 is 0 Å². The first-order valence-corrected chi connectivity index (χ1v) is 10.4. The van der Waals surface area contributed by atoms with Gasteiger partial charge in [-0.3, -0.25) is 0 Å². The quantitative estimate of drug-likeness (QED) is 0.273. The van der Waals surface area contributed by atoms with Crippen LogP contribution in [0.3, 0.4) is 0 Å². The number of aliphatic hydroxyl groups excluding tert-OH is 2. The molecule has 0 aromatic carbocycles. The monoisotopic (exact) mass is 410 g/mol. The van der Waals surface area contributed by atoms with Gasteiger partial charge in [0.1, 0.15) is 23.4 Å². The van der Waals surface area contributed by atoms with Crippen LogP contribution in [0.25, 0.3) is 0 Å². The number of aliphatic hydroxyl groups is 2. The van der Waals surface area contributed by atoms with Gasteiger partial charge in [-0.25, -0.2) is 4.79 Å². The maximum atomic E-state index is 12.3. The molecule has 3 fully saturated rings. The van der Waals surface area contributed by atoms with Crippen molar-refractivity contribution in [1.29, 1.82) is 0 Å². The second-order valence-electron chi connectivity index (χ2n) is 8.94. The van der Waals surface area contributed by atoms with Crippen LogP contribution in [0.5, 0.6) is 0 Å². The summed E-state index contributed by atoms with van der Waals surface area (Å²) in [6.07, 6.45) is 4.09. The van der Waals surface area contributed by atoms with E-state index in [0.717, 1.165) is 18.9 Å². The zero-order valence-electron chi connectivity index (χ0n) is 18.0. The van der Waals surface area contributed by atoms with Gasteiger partial charge in [0.25, 0.3) is 0 Å². The molecule has 8 atom stereocenters. The van der Waals surface area contributed by atoms with Crippen molar-refractivity contribution in [3.63, 3.8) is 0 Å². The molecule has 1 saturated carbocycles. The number of ether oxygens (including phenoxy) is 4. The van der Waals surface area contributed by atoms with Gasteiger partial charge < -0.3 is 29.2 Å². The number of methoxy groups -OCH3 is 1. The molecule has 0 unspecified atom stereocenters.